The number of primary amides is 1. The Kier molecular flexibility index (Phi) is 10.7. The van der Waals surface area contributed by atoms with E-state index in [4.69, 9.17) is 21.7 Å². The molecule has 0 aromatic heterocycles. The number of rotatable bonds is 12. The number of carbonyl (C=O) groups excluding carboxylic acids is 4. The van der Waals surface area contributed by atoms with E-state index in [0.717, 1.165) is 0 Å². The number of carbonyl (C=O) groups is 5. The van der Waals surface area contributed by atoms with Gasteiger partial charge in [0.1, 0.15) is 24.2 Å². The molecule has 0 saturated heterocycles. The van der Waals surface area contributed by atoms with E-state index < -0.39 is 66.8 Å². The van der Waals surface area contributed by atoms with Gasteiger partial charge in [0.25, 0.3) is 0 Å². The van der Waals surface area contributed by atoms with Crippen LogP contribution in [0.1, 0.15) is 33.6 Å². The topological polar surface area (TPSA) is 214 Å². The van der Waals surface area contributed by atoms with Crippen molar-refractivity contribution < 1.29 is 34.2 Å². The van der Waals surface area contributed by atoms with Gasteiger partial charge in [0.15, 0.2) is 0 Å². The van der Waals surface area contributed by atoms with Gasteiger partial charge in [-0.2, -0.15) is 0 Å². The van der Waals surface area contributed by atoms with Crippen molar-refractivity contribution in [2.45, 2.75) is 57.8 Å². The summed E-state index contributed by atoms with van der Waals surface area (Å²) in [6.07, 6.45) is -0.0840. The molecule has 0 fully saturated rings. The number of nitrogens with one attached hydrogen (secondary N) is 3. The maximum absolute atomic E-state index is 12.5. The molecule has 0 aliphatic heterocycles. The van der Waals surface area contributed by atoms with Crippen LogP contribution in [0.3, 0.4) is 0 Å². The molecule has 4 amide bonds. The van der Waals surface area contributed by atoms with E-state index in [9.17, 15) is 24.0 Å². The number of amides is 4. The van der Waals surface area contributed by atoms with Crippen LogP contribution in [0.2, 0.25) is 0 Å². The molecule has 9 N–H and O–H groups in total. The standard InChI is InChI=1S/C16H29N5O7/c1-4-7(2)12(21-14(25)9(17)6-22)15(26)19-8(3)13(24)20-10(16(27)28)5-11(18)23/h7-10,12,22H,4-6,17H2,1-3H3,(H2,18,23)(H,19,26)(H,20,24)(H,21,25)(H,27,28). The van der Waals surface area contributed by atoms with Crippen LogP contribution in [-0.4, -0.2) is 70.6 Å². The normalized spacial score (nSPS) is 16.0. The average Bonchev–Trinajstić information content (AvgIpc) is 2.62. The summed E-state index contributed by atoms with van der Waals surface area (Å²) in [4.78, 5) is 58.5. The lowest BCUT2D eigenvalue weighted by Crippen LogP contribution is -2.58. The lowest BCUT2D eigenvalue weighted by Gasteiger charge is -2.26. The van der Waals surface area contributed by atoms with Gasteiger partial charge in [-0.25, -0.2) is 4.79 Å². The molecule has 0 aliphatic carbocycles. The zero-order chi connectivity index (χ0) is 22.0. The Morgan fingerprint density at radius 2 is 1.54 bits per heavy atom. The minimum Gasteiger partial charge on any atom is -0.480 e. The summed E-state index contributed by atoms with van der Waals surface area (Å²) < 4.78 is 0. The van der Waals surface area contributed by atoms with Crippen molar-refractivity contribution >= 4 is 29.6 Å². The minimum absolute atomic E-state index is 0.313. The highest BCUT2D eigenvalue weighted by Crippen LogP contribution is 2.09. The molecule has 12 heteroatoms. The Labute approximate surface area is 162 Å². The molecule has 0 bridgehead atoms. The fourth-order valence-corrected chi connectivity index (χ4v) is 2.11. The van der Waals surface area contributed by atoms with E-state index in [2.05, 4.69) is 16.0 Å². The Bertz CT molecular complexity index is 598. The SMILES string of the molecule is CCC(C)C(NC(=O)C(N)CO)C(=O)NC(C)C(=O)NC(CC(N)=O)C(=O)O. The Morgan fingerprint density at radius 1 is 0.964 bits per heavy atom. The zero-order valence-electron chi connectivity index (χ0n) is 16.1. The predicted molar refractivity (Wildman–Crippen MR) is 97.4 cm³/mol. The van der Waals surface area contributed by atoms with E-state index in [1.165, 1.54) is 6.92 Å². The van der Waals surface area contributed by atoms with E-state index >= 15 is 0 Å². The second-order valence-corrected chi connectivity index (χ2v) is 6.46. The summed E-state index contributed by atoms with van der Waals surface area (Å²) in [6, 6.07) is -4.91. The molecular formula is C16H29N5O7. The average molecular weight is 403 g/mol. The first-order valence-electron chi connectivity index (χ1n) is 8.73. The van der Waals surface area contributed by atoms with Crippen molar-refractivity contribution in [3.8, 4) is 0 Å². The fourth-order valence-electron chi connectivity index (χ4n) is 2.11. The van der Waals surface area contributed by atoms with Crippen molar-refractivity contribution in [1.29, 1.82) is 0 Å². The number of hydrogen-bond acceptors (Lipinski definition) is 7. The monoisotopic (exact) mass is 403 g/mol. The van der Waals surface area contributed by atoms with E-state index in [1.54, 1.807) is 13.8 Å². The molecule has 0 heterocycles. The lowest BCUT2D eigenvalue weighted by atomic mass is 9.97. The number of nitrogens with two attached hydrogens (primary N) is 2. The van der Waals surface area contributed by atoms with Gasteiger partial charge in [-0.1, -0.05) is 20.3 Å². The van der Waals surface area contributed by atoms with Crippen LogP contribution in [0.5, 0.6) is 0 Å². The van der Waals surface area contributed by atoms with Crippen molar-refractivity contribution in [1.82, 2.24) is 16.0 Å². The highest BCUT2D eigenvalue weighted by molar-refractivity contribution is 5.94. The number of carboxylic acids is 1. The largest absolute Gasteiger partial charge is 0.480 e. The van der Waals surface area contributed by atoms with Crippen molar-refractivity contribution in [3.05, 3.63) is 0 Å². The van der Waals surface area contributed by atoms with E-state index in [-0.39, 0.29) is 5.92 Å². The lowest BCUT2D eigenvalue weighted by molar-refractivity contribution is -0.143. The van der Waals surface area contributed by atoms with Gasteiger partial charge in [-0.3, -0.25) is 19.2 Å². The molecule has 0 aliphatic rings. The highest BCUT2D eigenvalue weighted by Gasteiger charge is 2.31. The van der Waals surface area contributed by atoms with Gasteiger partial charge in [0.2, 0.25) is 23.6 Å². The van der Waals surface area contributed by atoms with Crippen LogP contribution < -0.4 is 27.4 Å². The Hall–Kier alpha value is -2.73. The van der Waals surface area contributed by atoms with Crippen LogP contribution >= 0.6 is 0 Å². The molecule has 5 unspecified atom stereocenters. The van der Waals surface area contributed by atoms with Crippen LogP contribution in [0.15, 0.2) is 0 Å². The van der Waals surface area contributed by atoms with Crippen molar-refractivity contribution in [3.63, 3.8) is 0 Å². The first-order valence-corrected chi connectivity index (χ1v) is 8.73. The molecule has 0 rings (SSSR count). The number of carboxylic acid groups (broad SMARTS) is 1. The van der Waals surface area contributed by atoms with Gasteiger partial charge < -0.3 is 37.6 Å². The molecule has 0 aromatic carbocycles. The first-order chi connectivity index (χ1) is 12.9. The number of aliphatic hydroxyl groups is 1. The fraction of sp³-hybridized carbons (Fsp3) is 0.688. The highest BCUT2D eigenvalue weighted by atomic mass is 16.4. The third kappa shape index (κ3) is 8.31. The number of hydrogen-bond donors (Lipinski definition) is 7. The Balaban J connectivity index is 5.08. The van der Waals surface area contributed by atoms with Crippen LogP contribution in [-0.2, 0) is 24.0 Å². The van der Waals surface area contributed by atoms with Crippen LogP contribution in [0.4, 0.5) is 0 Å². The predicted octanol–water partition coefficient (Wildman–Crippen LogP) is -3.21. The maximum atomic E-state index is 12.5. The van der Waals surface area contributed by atoms with Crippen molar-refractivity contribution in [2.24, 2.45) is 17.4 Å². The first kappa shape index (κ1) is 25.3. The van der Waals surface area contributed by atoms with Gasteiger partial charge in [0.05, 0.1) is 13.0 Å². The van der Waals surface area contributed by atoms with Crippen molar-refractivity contribution in [2.75, 3.05) is 6.61 Å². The molecule has 0 radical (unpaired) electrons. The Morgan fingerprint density at radius 3 is 1.96 bits per heavy atom. The summed E-state index contributed by atoms with van der Waals surface area (Å²) in [5.74, 6) is -4.93. The van der Waals surface area contributed by atoms with Gasteiger partial charge in [-0.15, -0.1) is 0 Å². The summed E-state index contributed by atoms with van der Waals surface area (Å²) in [6.45, 7) is 4.20. The number of aliphatic carboxylic acids is 1. The molecule has 160 valence electrons. The maximum Gasteiger partial charge on any atom is 0.326 e. The van der Waals surface area contributed by atoms with Gasteiger partial charge in [0, 0.05) is 0 Å². The zero-order valence-corrected chi connectivity index (χ0v) is 16.1. The summed E-state index contributed by atoms with van der Waals surface area (Å²) in [5.41, 5.74) is 10.4. The van der Waals surface area contributed by atoms with Crippen LogP contribution in [0, 0.1) is 5.92 Å². The molecule has 28 heavy (non-hydrogen) atoms. The molecule has 0 saturated carbocycles. The van der Waals surface area contributed by atoms with E-state index in [1.807, 2.05) is 0 Å². The summed E-state index contributed by atoms with van der Waals surface area (Å²) in [5, 5.41) is 24.9. The molecule has 12 nitrogen and oxygen atoms in total. The molecule has 5 atom stereocenters. The molecule has 0 spiro atoms. The van der Waals surface area contributed by atoms with Gasteiger partial charge >= 0.3 is 5.97 Å². The minimum atomic E-state index is -1.53. The smallest absolute Gasteiger partial charge is 0.326 e. The molecule has 0 aromatic rings. The third-order valence-corrected chi connectivity index (χ3v) is 4.10. The third-order valence-electron chi connectivity index (χ3n) is 4.10. The second kappa shape index (κ2) is 11.9. The molecular weight excluding hydrogens is 374 g/mol. The number of aliphatic hydroxyl groups excluding tert-OH is 1. The summed E-state index contributed by atoms with van der Waals surface area (Å²) in [7, 11) is 0. The van der Waals surface area contributed by atoms with Gasteiger partial charge in [-0.05, 0) is 12.8 Å². The second-order valence-electron chi connectivity index (χ2n) is 6.46. The quantitative estimate of drug-likeness (QED) is 0.175. The summed E-state index contributed by atoms with van der Waals surface area (Å²) >= 11 is 0. The van der Waals surface area contributed by atoms with Crippen LogP contribution in [0.25, 0.3) is 0 Å². The van der Waals surface area contributed by atoms with E-state index in [0.29, 0.717) is 6.42 Å².